The Labute approximate surface area is 182 Å². The zero-order valence-electron chi connectivity index (χ0n) is 17.9. The highest BCUT2D eigenvalue weighted by Crippen LogP contribution is 2.26. The lowest BCUT2D eigenvalue weighted by Crippen LogP contribution is -2.26. The summed E-state index contributed by atoms with van der Waals surface area (Å²) in [5, 5.41) is 22.2. The van der Waals surface area contributed by atoms with Crippen LogP contribution in [0.5, 0.6) is 5.75 Å². The van der Waals surface area contributed by atoms with Gasteiger partial charge in [-0.1, -0.05) is 30.3 Å². The molecule has 1 aromatic heterocycles. The van der Waals surface area contributed by atoms with Crippen LogP contribution >= 0.6 is 0 Å². The van der Waals surface area contributed by atoms with Crippen molar-refractivity contribution in [1.82, 2.24) is 15.5 Å². The molecule has 0 radical (unpaired) electrons. The number of hydrogen-bond acceptors (Lipinski definition) is 5. The van der Waals surface area contributed by atoms with Crippen molar-refractivity contribution in [2.75, 3.05) is 31.6 Å². The van der Waals surface area contributed by atoms with Crippen LogP contribution in [0.15, 0.2) is 72.8 Å². The Balaban J connectivity index is 1.26. The predicted octanol–water partition coefficient (Wildman–Crippen LogP) is 4.34. The van der Waals surface area contributed by atoms with Crippen LogP contribution in [0.4, 0.5) is 11.4 Å². The third-order valence-electron chi connectivity index (χ3n) is 5.39. The number of aromatic amines is 1. The Hall–Kier alpha value is -3.35. The number of ether oxygens (including phenoxy) is 1. The van der Waals surface area contributed by atoms with Crippen molar-refractivity contribution in [3.05, 3.63) is 84.1 Å². The maximum atomic E-state index is 10.6. The molecule has 1 atom stereocenters. The molecule has 0 fully saturated rings. The Morgan fingerprint density at radius 2 is 1.84 bits per heavy atom. The average molecular weight is 417 g/mol. The van der Waals surface area contributed by atoms with Gasteiger partial charge in [0.15, 0.2) is 0 Å². The van der Waals surface area contributed by atoms with Gasteiger partial charge < -0.3 is 20.1 Å². The number of aliphatic hydroxyl groups is 1. The number of benzene rings is 3. The molecule has 0 saturated heterocycles. The van der Waals surface area contributed by atoms with E-state index in [2.05, 4.69) is 32.5 Å². The third-order valence-corrected chi connectivity index (χ3v) is 5.39. The Bertz CT molecular complexity index is 1130. The smallest absolute Gasteiger partial charge is 0.121 e. The van der Waals surface area contributed by atoms with Gasteiger partial charge in [-0.15, -0.1) is 0 Å². The number of aliphatic hydroxyl groups excluding tert-OH is 1. The first-order valence-corrected chi connectivity index (χ1v) is 10.5. The molecule has 3 aromatic carbocycles. The van der Waals surface area contributed by atoms with E-state index in [9.17, 15) is 5.11 Å². The van der Waals surface area contributed by atoms with Crippen molar-refractivity contribution < 1.29 is 9.84 Å². The van der Waals surface area contributed by atoms with Gasteiger partial charge in [0.1, 0.15) is 12.4 Å². The monoisotopic (exact) mass is 416 g/mol. The Kier molecular flexibility index (Phi) is 6.50. The molecule has 1 heterocycles. The van der Waals surface area contributed by atoms with Gasteiger partial charge in [-0.05, 0) is 48.9 Å². The van der Waals surface area contributed by atoms with Crippen LogP contribution in [-0.4, -0.2) is 42.0 Å². The molecular formula is C25H28N4O2. The van der Waals surface area contributed by atoms with Crippen molar-refractivity contribution in [2.45, 2.75) is 13.0 Å². The fourth-order valence-corrected chi connectivity index (χ4v) is 3.55. The molecule has 0 spiro atoms. The number of H-pyrrole nitrogens is 1. The van der Waals surface area contributed by atoms with Crippen molar-refractivity contribution in [1.29, 1.82) is 0 Å². The van der Waals surface area contributed by atoms with E-state index in [1.54, 1.807) is 0 Å². The van der Waals surface area contributed by atoms with Gasteiger partial charge in [-0.2, -0.15) is 5.10 Å². The van der Waals surface area contributed by atoms with Crippen molar-refractivity contribution in [3.63, 3.8) is 0 Å². The highest BCUT2D eigenvalue weighted by Gasteiger charge is 2.10. The lowest BCUT2D eigenvalue weighted by Gasteiger charge is -2.21. The number of fused-ring (bicyclic) bond motifs is 1. The molecule has 0 aliphatic heterocycles. The summed E-state index contributed by atoms with van der Waals surface area (Å²) in [4.78, 5) is 2.11. The Morgan fingerprint density at radius 3 is 2.68 bits per heavy atom. The van der Waals surface area contributed by atoms with Crippen LogP contribution in [0, 0.1) is 6.92 Å². The van der Waals surface area contributed by atoms with Crippen LogP contribution in [0.1, 0.15) is 17.4 Å². The van der Waals surface area contributed by atoms with Gasteiger partial charge in [0.25, 0.3) is 0 Å². The number of hydrogen-bond donors (Lipinski definition) is 3. The maximum Gasteiger partial charge on any atom is 0.121 e. The summed E-state index contributed by atoms with van der Waals surface area (Å²) in [7, 11) is 2.03. The zero-order valence-corrected chi connectivity index (χ0v) is 17.9. The van der Waals surface area contributed by atoms with E-state index in [4.69, 9.17) is 4.74 Å². The SMILES string of the molecule is Cc1[nH]nc2cc(OCCNC[C@H](O)c3cccc(N(C)c4ccccc4)c3)ccc12. The Morgan fingerprint density at radius 1 is 1.03 bits per heavy atom. The molecule has 160 valence electrons. The van der Waals surface area contributed by atoms with Crippen LogP contribution in [0.2, 0.25) is 0 Å². The molecule has 6 nitrogen and oxygen atoms in total. The fraction of sp³-hybridized carbons (Fsp3) is 0.240. The normalized spacial score (nSPS) is 12.1. The summed E-state index contributed by atoms with van der Waals surface area (Å²) < 4.78 is 5.81. The largest absolute Gasteiger partial charge is 0.492 e. The minimum atomic E-state index is -0.590. The number of nitrogens with zero attached hydrogens (tertiary/aromatic N) is 2. The summed E-state index contributed by atoms with van der Waals surface area (Å²) in [6, 6.07) is 24.1. The lowest BCUT2D eigenvalue weighted by atomic mass is 10.1. The van der Waals surface area contributed by atoms with Crippen LogP contribution in [-0.2, 0) is 0 Å². The minimum absolute atomic E-state index is 0.458. The maximum absolute atomic E-state index is 10.6. The number of para-hydroxylation sites is 1. The summed E-state index contributed by atoms with van der Waals surface area (Å²) in [5.74, 6) is 0.790. The van der Waals surface area contributed by atoms with Gasteiger partial charge in [-0.3, -0.25) is 5.10 Å². The average Bonchev–Trinajstić information content (AvgIpc) is 3.19. The summed E-state index contributed by atoms with van der Waals surface area (Å²) in [5.41, 5.74) is 4.98. The second-order valence-corrected chi connectivity index (χ2v) is 7.59. The predicted molar refractivity (Wildman–Crippen MR) is 125 cm³/mol. The van der Waals surface area contributed by atoms with E-state index in [1.165, 1.54) is 0 Å². The molecule has 0 aliphatic carbocycles. The number of aromatic nitrogens is 2. The van der Waals surface area contributed by atoms with Gasteiger partial charge in [0, 0.05) is 48.7 Å². The van der Waals surface area contributed by atoms with E-state index in [0.717, 1.165) is 39.3 Å². The van der Waals surface area contributed by atoms with Crippen molar-refractivity contribution in [3.8, 4) is 5.75 Å². The molecule has 0 amide bonds. The molecule has 4 aromatic rings. The first-order chi connectivity index (χ1) is 15.1. The van der Waals surface area contributed by atoms with Gasteiger partial charge in [0.2, 0.25) is 0 Å². The fourth-order valence-electron chi connectivity index (χ4n) is 3.55. The number of aryl methyl sites for hydroxylation is 1. The molecule has 31 heavy (non-hydrogen) atoms. The van der Waals surface area contributed by atoms with Gasteiger partial charge in [-0.25, -0.2) is 0 Å². The molecule has 0 aliphatic rings. The van der Waals surface area contributed by atoms with Crippen molar-refractivity contribution in [2.24, 2.45) is 0 Å². The van der Waals surface area contributed by atoms with E-state index in [1.807, 2.05) is 74.6 Å². The number of rotatable bonds is 9. The highest BCUT2D eigenvalue weighted by molar-refractivity contribution is 5.82. The van der Waals surface area contributed by atoms with E-state index < -0.39 is 6.10 Å². The molecule has 6 heteroatoms. The summed E-state index contributed by atoms with van der Waals surface area (Å²) in [6.07, 6.45) is -0.590. The number of nitrogens with one attached hydrogen (secondary N) is 2. The highest BCUT2D eigenvalue weighted by atomic mass is 16.5. The first-order valence-electron chi connectivity index (χ1n) is 10.5. The molecular weight excluding hydrogens is 388 g/mol. The summed E-state index contributed by atoms with van der Waals surface area (Å²) in [6.45, 7) is 3.61. The lowest BCUT2D eigenvalue weighted by molar-refractivity contribution is 0.172. The van der Waals surface area contributed by atoms with Crippen LogP contribution < -0.4 is 15.0 Å². The third kappa shape index (κ3) is 5.05. The second kappa shape index (κ2) is 9.64. The molecule has 0 saturated carbocycles. The first kappa shape index (κ1) is 20.9. The van der Waals surface area contributed by atoms with Crippen LogP contribution in [0.3, 0.4) is 0 Å². The van der Waals surface area contributed by atoms with Crippen LogP contribution in [0.25, 0.3) is 10.9 Å². The molecule has 4 rings (SSSR count). The summed E-state index contributed by atoms with van der Waals surface area (Å²) >= 11 is 0. The zero-order chi connectivity index (χ0) is 21.6. The van der Waals surface area contributed by atoms with Gasteiger partial charge in [0.05, 0.1) is 11.6 Å². The molecule has 3 N–H and O–H groups in total. The van der Waals surface area contributed by atoms with E-state index in [0.29, 0.717) is 19.7 Å². The quantitative estimate of drug-likeness (QED) is 0.354. The molecule has 0 unspecified atom stereocenters. The standard InChI is InChI=1S/C25H28N4O2/c1-18-23-12-11-22(16-24(23)28-27-18)31-14-13-26-17-25(30)19-7-6-10-21(15-19)29(2)20-8-4-3-5-9-20/h3-12,15-16,25-26,30H,13-14,17H2,1-2H3,(H,27,28)/t25-/m0/s1. The van der Waals surface area contributed by atoms with E-state index in [-0.39, 0.29) is 0 Å². The van der Waals surface area contributed by atoms with Gasteiger partial charge >= 0.3 is 0 Å². The number of anilines is 2. The topological polar surface area (TPSA) is 73.4 Å². The molecule has 0 bridgehead atoms. The second-order valence-electron chi connectivity index (χ2n) is 7.59. The van der Waals surface area contributed by atoms with Crippen molar-refractivity contribution >= 4 is 22.3 Å². The van der Waals surface area contributed by atoms with E-state index >= 15 is 0 Å². The minimum Gasteiger partial charge on any atom is -0.492 e.